The molecule has 1 aliphatic heterocycles. The zero-order chi connectivity index (χ0) is 7.56. The first-order valence-corrected chi connectivity index (χ1v) is 2.86. The summed E-state index contributed by atoms with van der Waals surface area (Å²) in [6.07, 6.45) is 1.35. The first kappa shape index (κ1) is 6.80. The van der Waals surface area contributed by atoms with E-state index in [9.17, 15) is 9.59 Å². The Labute approximate surface area is 58.0 Å². The monoisotopic (exact) mass is 141 g/mol. The van der Waals surface area contributed by atoms with Crippen molar-refractivity contribution in [2.45, 2.75) is 6.42 Å². The average molecular weight is 141 g/mol. The SMILES string of the molecule is C=CCN1OC(=O)CC1=O. The van der Waals surface area contributed by atoms with E-state index < -0.39 is 5.97 Å². The summed E-state index contributed by atoms with van der Waals surface area (Å²) in [5, 5.41) is 0.995. The van der Waals surface area contributed by atoms with Gasteiger partial charge in [0.2, 0.25) is 0 Å². The Morgan fingerprint density at radius 3 is 2.80 bits per heavy atom. The summed E-state index contributed by atoms with van der Waals surface area (Å²) in [4.78, 5) is 25.6. The zero-order valence-corrected chi connectivity index (χ0v) is 5.37. The number of amides is 1. The fourth-order valence-electron chi connectivity index (χ4n) is 0.674. The second kappa shape index (κ2) is 2.51. The van der Waals surface area contributed by atoms with E-state index >= 15 is 0 Å². The molecule has 1 saturated heterocycles. The van der Waals surface area contributed by atoms with Crippen LogP contribution in [0.5, 0.6) is 0 Å². The number of rotatable bonds is 2. The van der Waals surface area contributed by atoms with Gasteiger partial charge in [-0.3, -0.25) is 4.79 Å². The van der Waals surface area contributed by atoms with E-state index in [0.29, 0.717) is 0 Å². The Kier molecular flexibility index (Phi) is 1.71. The molecule has 0 saturated carbocycles. The van der Waals surface area contributed by atoms with E-state index in [4.69, 9.17) is 0 Å². The molecule has 0 unspecified atom stereocenters. The molecule has 1 aliphatic rings. The van der Waals surface area contributed by atoms with Crippen LogP contribution < -0.4 is 0 Å². The van der Waals surface area contributed by atoms with Gasteiger partial charge in [-0.2, -0.15) is 5.06 Å². The lowest BCUT2D eigenvalue weighted by molar-refractivity contribution is -0.175. The quantitative estimate of drug-likeness (QED) is 0.397. The van der Waals surface area contributed by atoms with Crippen molar-refractivity contribution in [3.8, 4) is 0 Å². The standard InChI is InChI=1S/C6H7NO3/c1-2-3-7-5(8)4-6(9)10-7/h2H,1,3-4H2. The van der Waals surface area contributed by atoms with Gasteiger partial charge in [0.1, 0.15) is 6.42 Å². The van der Waals surface area contributed by atoms with Crippen molar-refractivity contribution in [2.75, 3.05) is 6.54 Å². The molecule has 0 spiro atoms. The van der Waals surface area contributed by atoms with Crippen LogP contribution in [0, 0.1) is 0 Å². The second-order valence-electron chi connectivity index (χ2n) is 1.88. The van der Waals surface area contributed by atoms with Gasteiger partial charge < -0.3 is 4.84 Å². The van der Waals surface area contributed by atoms with Crippen LogP contribution in [-0.4, -0.2) is 23.5 Å². The zero-order valence-electron chi connectivity index (χ0n) is 5.37. The molecule has 0 atom stereocenters. The lowest BCUT2D eigenvalue weighted by atomic mass is 10.4. The van der Waals surface area contributed by atoms with Crippen LogP contribution in [0.15, 0.2) is 12.7 Å². The van der Waals surface area contributed by atoms with Crippen molar-refractivity contribution < 1.29 is 14.4 Å². The number of carbonyl (C=O) groups excluding carboxylic acids is 2. The Bertz CT molecular complexity index is 187. The smallest absolute Gasteiger partial charge is 0.337 e. The summed E-state index contributed by atoms with van der Waals surface area (Å²) in [6.45, 7) is 3.67. The fraction of sp³-hybridized carbons (Fsp3) is 0.333. The third-order valence-electron chi connectivity index (χ3n) is 1.08. The minimum Gasteiger partial charge on any atom is -0.337 e. The first-order valence-electron chi connectivity index (χ1n) is 2.86. The minimum atomic E-state index is -0.494. The third kappa shape index (κ3) is 1.15. The maximum atomic E-state index is 10.7. The van der Waals surface area contributed by atoms with Crippen molar-refractivity contribution in [2.24, 2.45) is 0 Å². The number of nitrogens with zero attached hydrogens (tertiary/aromatic N) is 1. The molecule has 10 heavy (non-hydrogen) atoms. The van der Waals surface area contributed by atoms with Crippen LogP contribution in [0.1, 0.15) is 6.42 Å². The number of carbonyl (C=O) groups is 2. The second-order valence-corrected chi connectivity index (χ2v) is 1.88. The predicted molar refractivity (Wildman–Crippen MR) is 32.6 cm³/mol. The molecule has 0 aromatic heterocycles. The highest BCUT2D eigenvalue weighted by Crippen LogP contribution is 2.06. The maximum Gasteiger partial charge on any atom is 0.342 e. The van der Waals surface area contributed by atoms with Crippen LogP contribution >= 0.6 is 0 Å². The Morgan fingerprint density at radius 2 is 2.40 bits per heavy atom. The molecule has 0 N–H and O–H groups in total. The molecule has 0 aliphatic carbocycles. The molecule has 0 aromatic rings. The topological polar surface area (TPSA) is 46.6 Å². The van der Waals surface area contributed by atoms with Crippen molar-refractivity contribution in [1.82, 2.24) is 5.06 Å². The van der Waals surface area contributed by atoms with Crippen LogP contribution in [-0.2, 0) is 14.4 Å². The summed E-state index contributed by atoms with van der Waals surface area (Å²) < 4.78 is 0. The Hall–Kier alpha value is -1.32. The molecule has 0 radical (unpaired) electrons. The summed E-state index contributed by atoms with van der Waals surface area (Å²) in [6, 6.07) is 0. The normalized spacial score (nSPS) is 17.4. The number of hydroxylamine groups is 2. The number of hydrogen-bond acceptors (Lipinski definition) is 3. The van der Waals surface area contributed by atoms with Crippen LogP contribution in [0.25, 0.3) is 0 Å². The molecule has 1 heterocycles. The van der Waals surface area contributed by atoms with E-state index in [-0.39, 0.29) is 18.9 Å². The van der Waals surface area contributed by atoms with Gasteiger partial charge in [0, 0.05) is 0 Å². The molecule has 4 heteroatoms. The van der Waals surface area contributed by atoms with Gasteiger partial charge >= 0.3 is 5.97 Å². The first-order chi connectivity index (χ1) is 4.74. The molecule has 1 fully saturated rings. The van der Waals surface area contributed by atoms with Crippen molar-refractivity contribution >= 4 is 11.9 Å². The summed E-state index contributed by atoms with van der Waals surface area (Å²) in [5.41, 5.74) is 0. The highest BCUT2D eigenvalue weighted by molar-refractivity contribution is 5.98. The molecule has 4 nitrogen and oxygen atoms in total. The lowest BCUT2D eigenvalue weighted by Gasteiger charge is -2.08. The van der Waals surface area contributed by atoms with Gasteiger partial charge in [-0.1, -0.05) is 6.08 Å². The highest BCUT2D eigenvalue weighted by atomic mass is 16.7. The maximum absolute atomic E-state index is 10.7. The Morgan fingerprint density at radius 1 is 1.70 bits per heavy atom. The Balaban J connectivity index is 2.54. The van der Waals surface area contributed by atoms with Crippen molar-refractivity contribution in [3.63, 3.8) is 0 Å². The molecule has 54 valence electrons. The van der Waals surface area contributed by atoms with Crippen LogP contribution in [0.3, 0.4) is 0 Å². The molecule has 1 rings (SSSR count). The van der Waals surface area contributed by atoms with E-state index in [0.717, 1.165) is 5.06 Å². The minimum absolute atomic E-state index is 0.145. The van der Waals surface area contributed by atoms with E-state index in [1.54, 1.807) is 0 Å². The van der Waals surface area contributed by atoms with Gasteiger partial charge in [0.15, 0.2) is 0 Å². The molecular formula is C6H7NO3. The van der Waals surface area contributed by atoms with Crippen molar-refractivity contribution in [1.29, 1.82) is 0 Å². The lowest BCUT2D eigenvalue weighted by Crippen LogP contribution is -2.23. The van der Waals surface area contributed by atoms with E-state index in [1.807, 2.05) is 0 Å². The van der Waals surface area contributed by atoms with Crippen LogP contribution in [0.4, 0.5) is 0 Å². The van der Waals surface area contributed by atoms with Gasteiger partial charge in [-0.05, 0) is 0 Å². The predicted octanol–water partition coefficient (Wildman–Crippen LogP) is -0.137. The summed E-state index contributed by atoms with van der Waals surface area (Å²) in [7, 11) is 0. The summed E-state index contributed by atoms with van der Waals surface area (Å²) in [5.74, 6) is -0.795. The molecule has 0 bridgehead atoms. The molecule has 0 aromatic carbocycles. The largest absolute Gasteiger partial charge is 0.342 e. The van der Waals surface area contributed by atoms with Gasteiger partial charge in [0.25, 0.3) is 5.91 Å². The van der Waals surface area contributed by atoms with Crippen molar-refractivity contribution in [3.05, 3.63) is 12.7 Å². The van der Waals surface area contributed by atoms with E-state index in [1.165, 1.54) is 6.08 Å². The average Bonchev–Trinajstić information content (AvgIpc) is 2.13. The molecular weight excluding hydrogens is 134 g/mol. The van der Waals surface area contributed by atoms with Gasteiger partial charge in [0.05, 0.1) is 6.54 Å². The third-order valence-corrected chi connectivity index (χ3v) is 1.08. The molecule has 1 amide bonds. The highest BCUT2D eigenvalue weighted by Gasteiger charge is 2.28. The van der Waals surface area contributed by atoms with E-state index in [2.05, 4.69) is 11.4 Å². The van der Waals surface area contributed by atoms with Gasteiger partial charge in [-0.15, -0.1) is 6.58 Å². The number of hydrogen-bond donors (Lipinski definition) is 0. The summed E-state index contributed by atoms with van der Waals surface area (Å²) >= 11 is 0. The van der Waals surface area contributed by atoms with Gasteiger partial charge in [-0.25, -0.2) is 4.79 Å². The fourth-order valence-corrected chi connectivity index (χ4v) is 0.674. The van der Waals surface area contributed by atoms with Crippen LogP contribution in [0.2, 0.25) is 0 Å².